The van der Waals surface area contributed by atoms with Gasteiger partial charge in [0, 0.05) is 29.2 Å². The number of hydrogen-bond acceptors (Lipinski definition) is 5. The lowest BCUT2D eigenvalue weighted by Crippen LogP contribution is -2.27. The Hall–Kier alpha value is -2.57. The molecule has 0 radical (unpaired) electrons. The van der Waals surface area contributed by atoms with E-state index in [-0.39, 0.29) is 24.8 Å². The third kappa shape index (κ3) is 3.70. The van der Waals surface area contributed by atoms with Gasteiger partial charge in [0.05, 0.1) is 17.5 Å². The monoisotopic (exact) mass is 432 g/mol. The van der Waals surface area contributed by atoms with E-state index in [1.165, 1.54) is 0 Å². The molecule has 1 aliphatic rings. The summed E-state index contributed by atoms with van der Waals surface area (Å²) in [4.78, 5) is 30.7. The highest BCUT2D eigenvalue weighted by molar-refractivity contribution is 6.38. The quantitative estimate of drug-likeness (QED) is 0.540. The van der Waals surface area contributed by atoms with E-state index in [1.54, 1.807) is 24.0 Å². The number of halogens is 2. The Kier molecular flexibility index (Phi) is 5.23. The molecule has 1 atom stereocenters. The maximum absolute atomic E-state index is 12.6. The molecule has 0 bridgehead atoms. The summed E-state index contributed by atoms with van der Waals surface area (Å²) >= 11 is 12.2. The van der Waals surface area contributed by atoms with Gasteiger partial charge in [0.25, 0.3) is 0 Å². The first-order chi connectivity index (χ1) is 13.9. The fourth-order valence-electron chi connectivity index (χ4n) is 3.47. The van der Waals surface area contributed by atoms with E-state index in [9.17, 15) is 9.59 Å². The number of fused-ring (bicyclic) bond motifs is 1. The van der Waals surface area contributed by atoms with Crippen molar-refractivity contribution >= 4 is 51.9 Å². The Bertz CT molecular complexity index is 1130. The average Bonchev–Trinajstić information content (AvgIpc) is 3.26. The van der Waals surface area contributed by atoms with E-state index in [0.717, 1.165) is 5.56 Å². The lowest BCUT2D eigenvalue weighted by atomic mass is 10.1. The van der Waals surface area contributed by atoms with Gasteiger partial charge in [-0.2, -0.15) is 0 Å². The molecule has 8 heteroatoms. The summed E-state index contributed by atoms with van der Waals surface area (Å²) < 4.78 is 10.9. The summed E-state index contributed by atoms with van der Waals surface area (Å²) in [7, 11) is 0. The zero-order valence-corrected chi connectivity index (χ0v) is 17.4. The van der Waals surface area contributed by atoms with E-state index in [2.05, 4.69) is 4.98 Å². The molecule has 1 amide bonds. The molecule has 2 heterocycles. The highest BCUT2D eigenvalue weighted by Gasteiger charge is 2.36. The second-order valence-corrected chi connectivity index (χ2v) is 7.76. The highest BCUT2D eigenvalue weighted by atomic mass is 35.5. The van der Waals surface area contributed by atoms with Crippen LogP contribution in [-0.2, 0) is 14.3 Å². The number of ether oxygens (including phenoxy) is 1. The molecule has 0 aliphatic carbocycles. The summed E-state index contributed by atoms with van der Waals surface area (Å²) in [6, 6.07) is 8.86. The van der Waals surface area contributed by atoms with Gasteiger partial charge in [0.1, 0.15) is 5.52 Å². The molecule has 1 fully saturated rings. The van der Waals surface area contributed by atoms with Gasteiger partial charge < -0.3 is 14.1 Å². The Labute approximate surface area is 177 Å². The summed E-state index contributed by atoms with van der Waals surface area (Å²) in [6.45, 7) is 4.24. The Morgan fingerprint density at radius 1 is 1.31 bits per heavy atom. The number of rotatable bonds is 4. The molecule has 4 rings (SSSR count). The van der Waals surface area contributed by atoms with Gasteiger partial charge in [-0.1, -0.05) is 29.3 Å². The lowest BCUT2D eigenvalue weighted by Gasteiger charge is -2.19. The van der Waals surface area contributed by atoms with Crippen LogP contribution >= 0.6 is 23.2 Å². The minimum absolute atomic E-state index is 0.115. The standard InChI is InChI=1S/C21H18Cl2N2O4/c1-3-28-21(27)13-7-18(26)25(10-13)17-6-12(5-4-11(17)2)20-24-16-9-14(22)8-15(23)19(16)29-20/h4-6,8-9,13H,3,7,10H2,1-2H3/t13-/m1/s1. The van der Waals surface area contributed by atoms with E-state index in [1.807, 2.05) is 25.1 Å². The van der Waals surface area contributed by atoms with Crippen molar-refractivity contribution in [3.8, 4) is 11.5 Å². The largest absolute Gasteiger partial charge is 0.466 e. The minimum atomic E-state index is -0.462. The molecule has 150 valence electrons. The van der Waals surface area contributed by atoms with Gasteiger partial charge in [-0.05, 0) is 43.7 Å². The number of aryl methyl sites for hydroxylation is 1. The zero-order chi connectivity index (χ0) is 20.7. The van der Waals surface area contributed by atoms with Crippen LogP contribution in [0.1, 0.15) is 18.9 Å². The van der Waals surface area contributed by atoms with Crippen molar-refractivity contribution in [2.24, 2.45) is 5.92 Å². The van der Waals surface area contributed by atoms with Crippen LogP contribution in [0.25, 0.3) is 22.6 Å². The number of carbonyl (C=O) groups excluding carboxylic acids is 2. The number of hydrogen-bond donors (Lipinski definition) is 0. The second-order valence-electron chi connectivity index (χ2n) is 6.91. The number of oxazole rings is 1. The van der Waals surface area contributed by atoms with Gasteiger partial charge in [-0.15, -0.1) is 0 Å². The first kappa shape index (κ1) is 19.7. The molecule has 6 nitrogen and oxygen atoms in total. The first-order valence-corrected chi connectivity index (χ1v) is 9.96. The summed E-state index contributed by atoms with van der Waals surface area (Å²) in [6.07, 6.45) is 0.138. The maximum Gasteiger partial charge on any atom is 0.311 e. The molecule has 1 aliphatic heterocycles. The highest BCUT2D eigenvalue weighted by Crippen LogP contribution is 2.35. The molecule has 0 saturated carbocycles. The van der Waals surface area contributed by atoms with Crippen molar-refractivity contribution in [3.05, 3.63) is 45.9 Å². The molecule has 0 unspecified atom stereocenters. The average molecular weight is 433 g/mol. The topological polar surface area (TPSA) is 72.6 Å². The van der Waals surface area contributed by atoms with Crippen molar-refractivity contribution < 1.29 is 18.7 Å². The van der Waals surface area contributed by atoms with Crippen molar-refractivity contribution in [1.82, 2.24) is 4.98 Å². The molecule has 1 saturated heterocycles. The Balaban J connectivity index is 1.69. The molecular formula is C21H18Cl2N2O4. The smallest absolute Gasteiger partial charge is 0.311 e. The van der Waals surface area contributed by atoms with Gasteiger partial charge >= 0.3 is 5.97 Å². The van der Waals surface area contributed by atoms with Gasteiger partial charge in [0.2, 0.25) is 11.8 Å². The number of nitrogens with zero attached hydrogens (tertiary/aromatic N) is 2. The van der Waals surface area contributed by atoms with E-state index < -0.39 is 5.92 Å². The van der Waals surface area contributed by atoms with Crippen molar-refractivity contribution in [2.45, 2.75) is 20.3 Å². The van der Waals surface area contributed by atoms with Crippen molar-refractivity contribution in [3.63, 3.8) is 0 Å². The molecule has 0 spiro atoms. The van der Waals surface area contributed by atoms with Gasteiger partial charge in [-0.3, -0.25) is 9.59 Å². The molecular weight excluding hydrogens is 415 g/mol. The molecule has 2 aromatic carbocycles. The Morgan fingerprint density at radius 2 is 2.10 bits per heavy atom. The fourth-order valence-corrected chi connectivity index (χ4v) is 4.00. The van der Waals surface area contributed by atoms with Crippen molar-refractivity contribution in [2.75, 3.05) is 18.1 Å². The predicted octanol–water partition coefficient (Wildman–Crippen LogP) is 5.03. The van der Waals surface area contributed by atoms with Crippen molar-refractivity contribution in [1.29, 1.82) is 0 Å². The number of benzene rings is 2. The molecule has 0 N–H and O–H groups in total. The lowest BCUT2D eigenvalue weighted by molar-refractivity contribution is -0.147. The SMILES string of the molecule is CCOC(=O)[C@@H]1CC(=O)N(c2cc(-c3nc4cc(Cl)cc(Cl)c4o3)ccc2C)C1. The number of aromatic nitrogens is 1. The minimum Gasteiger partial charge on any atom is -0.466 e. The van der Waals surface area contributed by atoms with Crippen LogP contribution in [0.3, 0.4) is 0 Å². The zero-order valence-electron chi connectivity index (χ0n) is 15.9. The van der Waals surface area contributed by atoms with Gasteiger partial charge in [0.15, 0.2) is 5.58 Å². The van der Waals surface area contributed by atoms with Crippen LogP contribution in [-0.4, -0.2) is 30.0 Å². The maximum atomic E-state index is 12.6. The van der Waals surface area contributed by atoms with Crippen LogP contribution < -0.4 is 4.90 Å². The predicted molar refractivity (Wildman–Crippen MR) is 111 cm³/mol. The van der Waals surface area contributed by atoms with Gasteiger partial charge in [-0.25, -0.2) is 4.98 Å². The molecule has 1 aromatic heterocycles. The van der Waals surface area contributed by atoms with Crippen LogP contribution in [0.5, 0.6) is 0 Å². The molecule has 3 aromatic rings. The number of amides is 1. The van der Waals surface area contributed by atoms with E-state index in [4.69, 9.17) is 32.4 Å². The number of esters is 1. The Morgan fingerprint density at radius 3 is 2.86 bits per heavy atom. The summed E-state index contributed by atoms with van der Waals surface area (Å²) in [5, 5.41) is 0.852. The van der Waals surface area contributed by atoms with E-state index >= 15 is 0 Å². The first-order valence-electron chi connectivity index (χ1n) is 9.21. The fraction of sp³-hybridized carbons (Fsp3) is 0.286. The normalized spacial score (nSPS) is 16.6. The van der Waals surface area contributed by atoms with Crippen LogP contribution in [0.4, 0.5) is 5.69 Å². The summed E-state index contributed by atoms with van der Waals surface area (Å²) in [5.74, 6) is -0.548. The molecule has 29 heavy (non-hydrogen) atoms. The third-order valence-electron chi connectivity index (χ3n) is 4.90. The van der Waals surface area contributed by atoms with E-state index in [0.29, 0.717) is 44.9 Å². The second kappa shape index (κ2) is 7.69. The van der Waals surface area contributed by atoms with Crippen LogP contribution in [0.15, 0.2) is 34.7 Å². The number of anilines is 1. The third-order valence-corrected chi connectivity index (χ3v) is 5.40. The van der Waals surface area contributed by atoms with Crippen LogP contribution in [0.2, 0.25) is 10.0 Å². The van der Waals surface area contributed by atoms with Crippen LogP contribution in [0, 0.1) is 12.8 Å². The number of carbonyl (C=O) groups is 2. The summed E-state index contributed by atoms with van der Waals surface area (Å²) in [5.41, 5.74) is 3.32.